The zero-order valence-corrected chi connectivity index (χ0v) is 11.7. The van der Waals surface area contributed by atoms with Crippen LogP contribution in [0.25, 0.3) is 0 Å². The number of fused-ring (bicyclic) bond motifs is 1. The molecule has 0 radical (unpaired) electrons. The minimum Gasteiger partial charge on any atom is -0.393 e. The smallest absolute Gasteiger partial charge is 0.187 e. The van der Waals surface area contributed by atoms with Crippen molar-refractivity contribution in [3.8, 4) is 0 Å². The van der Waals surface area contributed by atoms with Crippen LogP contribution in [0, 0.1) is 17.3 Å². The number of Topliss-reactive ketones (excluding diaryl/α,β-unsaturated/α-hetero) is 1. The number of rotatable bonds is 0. The molecule has 0 bridgehead atoms. The summed E-state index contributed by atoms with van der Waals surface area (Å²) in [6, 6.07) is 0. The first-order valence-corrected chi connectivity index (χ1v) is 6.85. The third-order valence-electron chi connectivity index (χ3n) is 5.35. The fourth-order valence-electron chi connectivity index (χ4n) is 3.77. The molecule has 0 aromatic rings. The minimum absolute atomic E-state index is 0.00787. The van der Waals surface area contributed by atoms with Crippen molar-refractivity contribution in [3.05, 3.63) is 11.1 Å². The van der Waals surface area contributed by atoms with Gasteiger partial charge in [-0.2, -0.15) is 0 Å². The lowest BCUT2D eigenvalue weighted by molar-refractivity contribution is -0.146. The summed E-state index contributed by atoms with van der Waals surface area (Å²) in [6.45, 7) is 8.01. The Bertz CT molecular complexity index is 395. The Morgan fingerprint density at radius 2 is 1.89 bits per heavy atom. The molecule has 0 spiro atoms. The van der Waals surface area contributed by atoms with E-state index in [4.69, 9.17) is 0 Å². The van der Waals surface area contributed by atoms with Crippen LogP contribution in [-0.2, 0) is 4.79 Å². The number of hydrogen-bond donors (Lipinski definition) is 2. The first-order valence-electron chi connectivity index (χ1n) is 6.85. The second-order valence-electron chi connectivity index (χ2n) is 6.51. The maximum Gasteiger partial charge on any atom is 0.187 e. The van der Waals surface area contributed by atoms with E-state index in [1.54, 1.807) is 0 Å². The second kappa shape index (κ2) is 4.46. The summed E-state index contributed by atoms with van der Waals surface area (Å²) in [6.07, 6.45) is 0.920. The SMILES string of the molecule is CC(C)=C1C[C@]2(C)[C@@H](C)[C@H](O)CC[C@H]2[C@H](O)C1=O. The van der Waals surface area contributed by atoms with Gasteiger partial charge in [0.2, 0.25) is 0 Å². The summed E-state index contributed by atoms with van der Waals surface area (Å²) >= 11 is 0. The van der Waals surface area contributed by atoms with Gasteiger partial charge in [0.25, 0.3) is 0 Å². The molecule has 0 aromatic carbocycles. The van der Waals surface area contributed by atoms with E-state index in [-0.39, 0.29) is 29.1 Å². The predicted octanol–water partition coefficient (Wildman–Crippen LogP) is 2.07. The number of ketones is 1. The Morgan fingerprint density at radius 3 is 2.44 bits per heavy atom. The number of allylic oxidation sites excluding steroid dienone is 1. The third-order valence-corrected chi connectivity index (χ3v) is 5.35. The highest BCUT2D eigenvalue weighted by atomic mass is 16.3. The van der Waals surface area contributed by atoms with E-state index in [1.807, 2.05) is 20.8 Å². The average molecular weight is 252 g/mol. The van der Waals surface area contributed by atoms with Gasteiger partial charge in [-0.25, -0.2) is 0 Å². The summed E-state index contributed by atoms with van der Waals surface area (Å²) in [5, 5.41) is 20.4. The van der Waals surface area contributed by atoms with Gasteiger partial charge < -0.3 is 10.2 Å². The molecule has 102 valence electrons. The van der Waals surface area contributed by atoms with E-state index in [0.29, 0.717) is 12.8 Å². The fraction of sp³-hybridized carbons (Fsp3) is 0.800. The highest BCUT2D eigenvalue weighted by Gasteiger charge is 2.54. The van der Waals surface area contributed by atoms with Crippen LogP contribution in [0.1, 0.15) is 47.0 Å². The molecule has 0 saturated heterocycles. The van der Waals surface area contributed by atoms with E-state index in [9.17, 15) is 15.0 Å². The van der Waals surface area contributed by atoms with Gasteiger partial charge in [-0.1, -0.05) is 19.4 Å². The molecule has 2 rings (SSSR count). The van der Waals surface area contributed by atoms with Crippen molar-refractivity contribution < 1.29 is 15.0 Å². The van der Waals surface area contributed by atoms with Gasteiger partial charge in [-0.05, 0) is 55.9 Å². The van der Waals surface area contributed by atoms with Gasteiger partial charge in [0.15, 0.2) is 5.78 Å². The van der Waals surface area contributed by atoms with Gasteiger partial charge in [0, 0.05) is 0 Å². The molecule has 0 heterocycles. The van der Waals surface area contributed by atoms with E-state index in [2.05, 4.69) is 6.92 Å². The minimum atomic E-state index is -0.886. The van der Waals surface area contributed by atoms with Crippen LogP contribution in [0.3, 0.4) is 0 Å². The molecule has 2 aliphatic carbocycles. The first-order chi connectivity index (χ1) is 8.29. The monoisotopic (exact) mass is 252 g/mol. The molecule has 3 heteroatoms. The van der Waals surface area contributed by atoms with Gasteiger partial charge in [0.1, 0.15) is 6.10 Å². The number of carbonyl (C=O) groups excluding carboxylic acids is 1. The molecule has 0 unspecified atom stereocenters. The van der Waals surface area contributed by atoms with Crippen molar-refractivity contribution in [1.29, 1.82) is 0 Å². The summed E-state index contributed by atoms with van der Waals surface area (Å²) < 4.78 is 0. The molecular weight excluding hydrogens is 228 g/mol. The van der Waals surface area contributed by atoms with Crippen LogP contribution < -0.4 is 0 Å². The number of hydrogen-bond acceptors (Lipinski definition) is 3. The quantitative estimate of drug-likeness (QED) is 0.649. The molecule has 2 saturated carbocycles. The predicted molar refractivity (Wildman–Crippen MR) is 70.0 cm³/mol. The lowest BCUT2D eigenvalue weighted by Gasteiger charge is -2.53. The van der Waals surface area contributed by atoms with E-state index >= 15 is 0 Å². The number of aliphatic hydroxyl groups excluding tert-OH is 2. The summed E-state index contributed by atoms with van der Waals surface area (Å²) in [5.41, 5.74) is 1.59. The molecule has 0 amide bonds. The highest BCUT2D eigenvalue weighted by molar-refractivity contribution is 6.00. The molecule has 0 aromatic heterocycles. The maximum atomic E-state index is 12.2. The fourth-order valence-corrected chi connectivity index (χ4v) is 3.77. The largest absolute Gasteiger partial charge is 0.393 e. The van der Waals surface area contributed by atoms with Gasteiger partial charge in [0.05, 0.1) is 6.10 Å². The van der Waals surface area contributed by atoms with Crippen molar-refractivity contribution in [2.75, 3.05) is 0 Å². The summed E-state index contributed by atoms with van der Waals surface area (Å²) in [4.78, 5) is 12.2. The molecule has 5 atom stereocenters. The van der Waals surface area contributed by atoms with Crippen LogP contribution in [0.5, 0.6) is 0 Å². The van der Waals surface area contributed by atoms with Crippen LogP contribution in [0.2, 0.25) is 0 Å². The average Bonchev–Trinajstić information content (AvgIpc) is 2.30. The molecule has 18 heavy (non-hydrogen) atoms. The van der Waals surface area contributed by atoms with Crippen LogP contribution in [-0.4, -0.2) is 28.2 Å². The van der Waals surface area contributed by atoms with Crippen LogP contribution >= 0.6 is 0 Å². The Balaban J connectivity index is 2.43. The number of aliphatic hydroxyl groups is 2. The summed E-state index contributed by atoms with van der Waals surface area (Å²) in [7, 11) is 0. The summed E-state index contributed by atoms with van der Waals surface area (Å²) in [5.74, 6) is 0.0147. The van der Waals surface area contributed by atoms with Crippen LogP contribution in [0.4, 0.5) is 0 Å². The Labute approximate surface area is 109 Å². The lowest BCUT2D eigenvalue weighted by Crippen LogP contribution is -2.55. The van der Waals surface area contributed by atoms with Crippen LogP contribution in [0.15, 0.2) is 11.1 Å². The molecule has 0 aliphatic heterocycles. The zero-order chi connectivity index (χ0) is 13.7. The van der Waals surface area contributed by atoms with E-state index in [0.717, 1.165) is 17.6 Å². The van der Waals surface area contributed by atoms with E-state index < -0.39 is 6.10 Å². The van der Waals surface area contributed by atoms with Crippen molar-refractivity contribution in [1.82, 2.24) is 0 Å². The van der Waals surface area contributed by atoms with Crippen molar-refractivity contribution >= 4 is 5.78 Å². The topological polar surface area (TPSA) is 57.5 Å². The lowest BCUT2D eigenvalue weighted by atomic mass is 9.53. The Morgan fingerprint density at radius 1 is 1.28 bits per heavy atom. The second-order valence-corrected chi connectivity index (χ2v) is 6.51. The van der Waals surface area contributed by atoms with Gasteiger partial charge in [-0.15, -0.1) is 0 Å². The molecule has 2 fully saturated rings. The normalized spacial score (nSPS) is 44.8. The van der Waals surface area contributed by atoms with Crippen molar-refractivity contribution in [2.24, 2.45) is 17.3 Å². The van der Waals surface area contributed by atoms with Crippen molar-refractivity contribution in [2.45, 2.75) is 59.2 Å². The molecular formula is C15H24O3. The van der Waals surface area contributed by atoms with Crippen molar-refractivity contribution in [3.63, 3.8) is 0 Å². The molecule has 3 nitrogen and oxygen atoms in total. The third kappa shape index (κ3) is 1.84. The van der Waals surface area contributed by atoms with Gasteiger partial charge >= 0.3 is 0 Å². The Hall–Kier alpha value is -0.670. The number of carbonyl (C=O) groups is 1. The molecule has 2 N–H and O–H groups in total. The maximum absolute atomic E-state index is 12.2. The standard InChI is InChI=1S/C15H24O3/c1-8(2)10-7-15(4)9(3)12(16)6-5-11(15)14(18)13(10)17/h9,11-12,14,16,18H,5-7H2,1-4H3/t9-,11-,12+,14-,15+/m0/s1. The molecule has 2 aliphatic rings. The first kappa shape index (κ1) is 13.8. The van der Waals surface area contributed by atoms with Gasteiger partial charge in [-0.3, -0.25) is 4.79 Å². The Kier molecular flexibility index (Phi) is 3.41. The zero-order valence-electron chi connectivity index (χ0n) is 11.7. The van der Waals surface area contributed by atoms with E-state index in [1.165, 1.54) is 0 Å². The highest BCUT2D eigenvalue weighted by Crippen LogP contribution is 2.54.